The van der Waals surface area contributed by atoms with Crippen LogP contribution < -0.4 is 15.2 Å². The lowest BCUT2D eigenvalue weighted by molar-refractivity contribution is 0.0573. The molecule has 7 nitrogen and oxygen atoms in total. The van der Waals surface area contributed by atoms with Gasteiger partial charge in [-0.15, -0.1) is 0 Å². The summed E-state index contributed by atoms with van der Waals surface area (Å²) in [6.07, 6.45) is 1.80. The van der Waals surface area contributed by atoms with Crippen molar-refractivity contribution in [2.45, 2.75) is 18.6 Å². The van der Waals surface area contributed by atoms with Gasteiger partial charge in [0.05, 0.1) is 6.61 Å². The molecule has 5 rings (SSSR count). The molecule has 3 heterocycles. The summed E-state index contributed by atoms with van der Waals surface area (Å²) in [6, 6.07) is 18.8. The highest BCUT2D eigenvalue weighted by atomic mass is 16.5. The number of aromatic hydroxyl groups is 1. The number of para-hydroxylation sites is 1. The van der Waals surface area contributed by atoms with Crippen LogP contribution in [-0.2, 0) is 0 Å². The Morgan fingerprint density at radius 3 is 2.53 bits per heavy atom. The van der Waals surface area contributed by atoms with Gasteiger partial charge in [0.25, 0.3) is 5.91 Å². The third kappa shape index (κ3) is 2.66. The average Bonchev–Trinajstić information content (AvgIpc) is 2.75. The Balaban J connectivity index is 1.83. The lowest BCUT2D eigenvalue weighted by Crippen LogP contribution is -2.62. The molecule has 30 heavy (non-hydrogen) atoms. The first-order valence-electron chi connectivity index (χ1n) is 9.85. The Morgan fingerprint density at radius 1 is 1.00 bits per heavy atom. The summed E-state index contributed by atoms with van der Waals surface area (Å²) in [5.74, 6) is -0.158. The predicted octanol–water partition coefficient (Wildman–Crippen LogP) is 2.48. The molecule has 152 valence electrons. The van der Waals surface area contributed by atoms with Crippen LogP contribution in [0.15, 0.2) is 71.7 Å². The summed E-state index contributed by atoms with van der Waals surface area (Å²) >= 11 is 0. The van der Waals surface area contributed by atoms with Crippen molar-refractivity contribution < 1.29 is 14.6 Å². The number of rotatable bonds is 1. The number of nitrogens with zero attached hydrogens (tertiary/aromatic N) is 3. The van der Waals surface area contributed by atoms with Gasteiger partial charge >= 0.3 is 0 Å². The minimum absolute atomic E-state index is 0.0267. The number of carbonyl (C=O) groups excluding carboxylic acids is 1. The van der Waals surface area contributed by atoms with Crippen molar-refractivity contribution in [3.05, 3.63) is 93.9 Å². The highest BCUT2D eigenvalue weighted by Crippen LogP contribution is 2.40. The van der Waals surface area contributed by atoms with Gasteiger partial charge < -0.3 is 14.7 Å². The number of benzene rings is 2. The monoisotopic (exact) mass is 403 g/mol. The molecule has 3 aromatic rings. The largest absolute Gasteiger partial charge is 0.502 e. The molecule has 0 spiro atoms. The first-order valence-corrected chi connectivity index (χ1v) is 9.85. The lowest BCUT2D eigenvalue weighted by atomic mass is 9.95. The molecule has 2 atom stereocenters. The minimum atomic E-state index is -0.575. The van der Waals surface area contributed by atoms with E-state index in [0.717, 1.165) is 16.9 Å². The van der Waals surface area contributed by atoms with Gasteiger partial charge in [-0.3, -0.25) is 19.3 Å². The number of amides is 1. The number of ether oxygens (including phenoxy) is 1. The zero-order chi connectivity index (χ0) is 20.8. The van der Waals surface area contributed by atoms with E-state index in [9.17, 15) is 14.7 Å². The predicted molar refractivity (Wildman–Crippen MR) is 111 cm³/mol. The summed E-state index contributed by atoms with van der Waals surface area (Å²) < 4.78 is 7.70. The van der Waals surface area contributed by atoms with Gasteiger partial charge in [0.15, 0.2) is 11.4 Å². The third-order valence-electron chi connectivity index (χ3n) is 5.81. The standard InChI is InChI=1S/C23H21N3O4/c1-24-19-12-14-30-18-10-6-5-9-16(18)20(15-7-3-2-4-8-15)26(19)25-13-11-17(27)22(28)21(25)23(24)29/h2-11,13,19-20,28H,12,14H2,1H3. The van der Waals surface area contributed by atoms with E-state index in [1.54, 1.807) is 22.8 Å². The van der Waals surface area contributed by atoms with Gasteiger partial charge in [-0.25, -0.2) is 0 Å². The number of carbonyl (C=O) groups is 1. The molecule has 0 saturated heterocycles. The fourth-order valence-electron chi connectivity index (χ4n) is 4.38. The number of fused-ring (bicyclic) bond motifs is 4. The van der Waals surface area contributed by atoms with Gasteiger partial charge in [-0.1, -0.05) is 48.5 Å². The van der Waals surface area contributed by atoms with Crippen LogP contribution in [-0.4, -0.2) is 40.4 Å². The van der Waals surface area contributed by atoms with Crippen LogP contribution in [0.5, 0.6) is 11.5 Å². The van der Waals surface area contributed by atoms with Crippen molar-refractivity contribution in [1.29, 1.82) is 0 Å². The fraction of sp³-hybridized carbons (Fsp3) is 0.217. The molecule has 7 heteroatoms. The molecule has 2 aromatic carbocycles. The molecule has 2 aliphatic heterocycles. The summed E-state index contributed by atoms with van der Waals surface area (Å²) in [4.78, 5) is 26.7. The number of aromatic nitrogens is 1. The minimum Gasteiger partial charge on any atom is -0.502 e. The molecule has 2 unspecified atom stereocenters. The van der Waals surface area contributed by atoms with E-state index in [-0.39, 0.29) is 17.9 Å². The normalized spacial score (nSPS) is 20.4. The molecule has 0 radical (unpaired) electrons. The number of hydrogen-bond acceptors (Lipinski definition) is 5. The number of pyridine rings is 1. The van der Waals surface area contributed by atoms with Crippen LogP contribution in [0.1, 0.15) is 34.1 Å². The Kier molecular flexibility index (Phi) is 4.24. The second-order valence-corrected chi connectivity index (χ2v) is 7.49. The third-order valence-corrected chi connectivity index (χ3v) is 5.81. The maximum atomic E-state index is 13.1. The second-order valence-electron chi connectivity index (χ2n) is 7.49. The van der Waals surface area contributed by atoms with Gasteiger partial charge in [0.2, 0.25) is 5.43 Å². The Hall–Kier alpha value is -3.74. The Morgan fingerprint density at radius 2 is 1.73 bits per heavy atom. The summed E-state index contributed by atoms with van der Waals surface area (Å²) in [6.45, 7) is 0.429. The van der Waals surface area contributed by atoms with Crippen LogP contribution >= 0.6 is 0 Å². The quantitative estimate of drug-likeness (QED) is 0.676. The maximum Gasteiger partial charge on any atom is 0.277 e. The molecule has 0 fully saturated rings. The van der Waals surface area contributed by atoms with Crippen molar-refractivity contribution in [1.82, 2.24) is 9.58 Å². The first-order chi connectivity index (χ1) is 14.6. The van der Waals surface area contributed by atoms with E-state index in [0.29, 0.717) is 13.0 Å². The molecule has 1 amide bonds. The molecule has 2 aliphatic rings. The van der Waals surface area contributed by atoms with Crippen LogP contribution in [0.2, 0.25) is 0 Å². The molecule has 0 saturated carbocycles. The van der Waals surface area contributed by atoms with Gasteiger partial charge in [0, 0.05) is 31.3 Å². The van der Waals surface area contributed by atoms with E-state index in [4.69, 9.17) is 4.74 Å². The topological polar surface area (TPSA) is 75.0 Å². The van der Waals surface area contributed by atoms with Crippen LogP contribution in [0.3, 0.4) is 0 Å². The van der Waals surface area contributed by atoms with Gasteiger partial charge in [-0.05, 0) is 11.6 Å². The zero-order valence-corrected chi connectivity index (χ0v) is 16.4. The van der Waals surface area contributed by atoms with Crippen molar-refractivity contribution in [3.63, 3.8) is 0 Å². The summed E-state index contributed by atoms with van der Waals surface area (Å²) in [5.41, 5.74) is 1.35. The Labute approximate surface area is 173 Å². The summed E-state index contributed by atoms with van der Waals surface area (Å²) in [7, 11) is 1.69. The van der Waals surface area contributed by atoms with Crippen LogP contribution in [0.25, 0.3) is 0 Å². The highest BCUT2D eigenvalue weighted by molar-refractivity contribution is 5.96. The van der Waals surface area contributed by atoms with E-state index in [1.165, 1.54) is 6.07 Å². The molecule has 0 aliphatic carbocycles. The molecule has 0 bridgehead atoms. The van der Waals surface area contributed by atoms with E-state index in [1.807, 2.05) is 59.6 Å². The zero-order valence-electron chi connectivity index (χ0n) is 16.4. The number of hydrogen-bond donors (Lipinski definition) is 1. The maximum absolute atomic E-state index is 13.1. The average molecular weight is 403 g/mol. The SMILES string of the molecule is CN1C(=O)c2c(O)c(=O)ccn2N2C(c3ccccc3)c3ccccc3OCCC12. The van der Waals surface area contributed by atoms with E-state index >= 15 is 0 Å². The van der Waals surface area contributed by atoms with Crippen molar-refractivity contribution in [2.75, 3.05) is 18.7 Å². The first kappa shape index (κ1) is 18.3. The molecular weight excluding hydrogens is 382 g/mol. The second kappa shape index (κ2) is 6.95. The van der Waals surface area contributed by atoms with Crippen LogP contribution in [0.4, 0.5) is 0 Å². The fourth-order valence-corrected chi connectivity index (χ4v) is 4.38. The van der Waals surface area contributed by atoms with Crippen molar-refractivity contribution in [3.8, 4) is 11.5 Å². The van der Waals surface area contributed by atoms with Crippen molar-refractivity contribution in [2.24, 2.45) is 0 Å². The lowest BCUT2D eigenvalue weighted by Gasteiger charge is -2.49. The van der Waals surface area contributed by atoms with Crippen LogP contribution in [0, 0.1) is 0 Å². The molecular formula is C23H21N3O4. The smallest absolute Gasteiger partial charge is 0.277 e. The summed E-state index contributed by atoms with van der Waals surface area (Å²) in [5, 5.41) is 12.5. The Bertz CT molecular complexity index is 1170. The van der Waals surface area contributed by atoms with E-state index in [2.05, 4.69) is 0 Å². The highest BCUT2D eigenvalue weighted by Gasteiger charge is 2.43. The van der Waals surface area contributed by atoms with E-state index < -0.39 is 17.1 Å². The van der Waals surface area contributed by atoms with Gasteiger partial charge in [-0.2, -0.15) is 0 Å². The van der Waals surface area contributed by atoms with Gasteiger partial charge in [0.1, 0.15) is 18.0 Å². The molecule has 1 N–H and O–H groups in total. The molecule has 1 aromatic heterocycles. The van der Waals surface area contributed by atoms with Crippen molar-refractivity contribution >= 4 is 5.91 Å².